The van der Waals surface area contributed by atoms with Crippen LogP contribution >= 0.6 is 0 Å². The van der Waals surface area contributed by atoms with Crippen LogP contribution in [0.3, 0.4) is 0 Å². The zero-order valence-electron chi connectivity index (χ0n) is 14.1. The number of rotatable bonds is 5. The van der Waals surface area contributed by atoms with Crippen molar-refractivity contribution >= 4 is 15.7 Å². The Bertz CT molecular complexity index is 710. The van der Waals surface area contributed by atoms with Gasteiger partial charge in [-0.1, -0.05) is 6.07 Å². The maximum absolute atomic E-state index is 12.7. The molecule has 2 fully saturated rings. The van der Waals surface area contributed by atoms with Crippen LogP contribution in [0.2, 0.25) is 0 Å². The van der Waals surface area contributed by atoms with Crippen LogP contribution in [0.4, 0.5) is 5.69 Å². The molecule has 0 unspecified atom stereocenters. The normalized spacial score (nSPS) is 23.4. The molecule has 0 aliphatic carbocycles. The van der Waals surface area contributed by atoms with Crippen LogP contribution in [0.1, 0.15) is 19.3 Å². The van der Waals surface area contributed by atoms with Crippen molar-refractivity contribution in [2.75, 3.05) is 39.3 Å². The van der Waals surface area contributed by atoms with Crippen molar-refractivity contribution < 1.29 is 23.0 Å². The van der Waals surface area contributed by atoms with Gasteiger partial charge in [0, 0.05) is 18.7 Å². The number of benzene rings is 1. The average Bonchev–Trinajstić information content (AvgIpc) is 2.63. The molecule has 0 aromatic heterocycles. The smallest absolute Gasteiger partial charge is 0.270 e. The van der Waals surface area contributed by atoms with E-state index in [1.165, 1.54) is 33.8 Å². The van der Waals surface area contributed by atoms with E-state index in [-0.39, 0.29) is 16.7 Å². The van der Waals surface area contributed by atoms with E-state index in [9.17, 15) is 18.5 Å². The van der Waals surface area contributed by atoms with Crippen molar-refractivity contribution in [1.82, 2.24) is 4.31 Å². The first-order valence-electron chi connectivity index (χ1n) is 8.66. The van der Waals surface area contributed by atoms with Crippen LogP contribution in [-0.2, 0) is 14.8 Å². The minimum atomic E-state index is -3.69. The summed E-state index contributed by atoms with van der Waals surface area (Å²) >= 11 is 0. The summed E-state index contributed by atoms with van der Waals surface area (Å²) in [7, 11) is -3.69. The third kappa shape index (κ3) is 4.35. The van der Waals surface area contributed by atoms with Gasteiger partial charge < -0.3 is 9.64 Å². The quantitative estimate of drug-likeness (QED) is 0.584. The molecule has 0 bridgehead atoms. The fraction of sp³-hybridized carbons (Fsp3) is 0.625. The van der Waals surface area contributed by atoms with Crippen molar-refractivity contribution in [2.45, 2.75) is 30.3 Å². The molecule has 8 nitrogen and oxygen atoms in total. The molecule has 1 aromatic rings. The maximum Gasteiger partial charge on any atom is 0.270 e. The Kier molecular flexibility index (Phi) is 5.67. The summed E-state index contributed by atoms with van der Waals surface area (Å²) in [5, 5.41) is 10.9. The number of nitro groups is 1. The molecular formula is C16H24N3O5S+. The van der Waals surface area contributed by atoms with Gasteiger partial charge in [0.05, 0.1) is 36.0 Å². The van der Waals surface area contributed by atoms with Crippen LogP contribution in [0.5, 0.6) is 0 Å². The summed E-state index contributed by atoms with van der Waals surface area (Å²) in [5.74, 6) is 0. The second-order valence-corrected chi connectivity index (χ2v) is 8.54. The predicted molar refractivity (Wildman–Crippen MR) is 91.0 cm³/mol. The first kappa shape index (κ1) is 18.2. The Morgan fingerprint density at radius 1 is 1.28 bits per heavy atom. The van der Waals surface area contributed by atoms with Gasteiger partial charge in [-0.15, -0.1) is 0 Å². The molecule has 25 heavy (non-hydrogen) atoms. The van der Waals surface area contributed by atoms with E-state index in [1.807, 2.05) is 0 Å². The van der Waals surface area contributed by atoms with Gasteiger partial charge in [0.25, 0.3) is 5.69 Å². The van der Waals surface area contributed by atoms with Crippen LogP contribution in [0.25, 0.3) is 0 Å². The summed E-state index contributed by atoms with van der Waals surface area (Å²) in [6.45, 7) is 4.05. The number of non-ortho nitro benzene ring substituents is 1. The van der Waals surface area contributed by atoms with Crippen molar-refractivity contribution in [1.29, 1.82) is 0 Å². The number of nitro benzene ring substituents is 1. The first-order chi connectivity index (χ1) is 12.0. The molecule has 0 spiro atoms. The van der Waals surface area contributed by atoms with Gasteiger partial charge in [-0.2, -0.15) is 4.31 Å². The fourth-order valence-corrected chi connectivity index (χ4v) is 4.93. The van der Waals surface area contributed by atoms with E-state index in [1.54, 1.807) is 0 Å². The number of quaternary nitrogens is 1. The second kappa shape index (κ2) is 7.77. The summed E-state index contributed by atoms with van der Waals surface area (Å²) in [6, 6.07) is 5.25. The van der Waals surface area contributed by atoms with E-state index < -0.39 is 14.9 Å². The maximum atomic E-state index is 12.7. The van der Waals surface area contributed by atoms with Crippen molar-refractivity contribution in [3.8, 4) is 0 Å². The molecule has 0 saturated carbocycles. The van der Waals surface area contributed by atoms with Crippen molar-refractivity contribution in [2.24, 2.45) is 0 Å². The molecule has 0 amide bonds. The molecule has 2 aliphatic rings. The first-order valence-corrected chi connectivity index (χ1v) is 10.1. The Balaban J connectivity index is 1.61. The standard InChI is InChI=1S/C16H23N3O5S/c20-19(21)14-4-3-6-16(12-14)25(22,23)18-9-7-17(8-10-18)13-15-5-1-2-11-24-15/h3-4,6,12,15H,1-2,5,7-11,13H2/p+1/t15-/m0/s1. The number of ether oxygens (including phenoxy) is 1. The zero-order chi connectivity index (χ0) is 17.9. The van der Waals surface area contributed by atoms with Crippen LogP contribution in [0.15, 0.2) is 29.2 Å². The Labute approximate surface area is 147 Å². The summed E-state index contributed by atoms with van der Waals surface area (Å²) in [6.07, 6.45) is 3.69. The number of sulfonamides is 1. The van der Waals surface area contributed by atoms with Gasteiger partial charge in [0.1, 0.15) is 12.6 Å². The highest BCUT2D eigenvalue weighted by molar-refractivity contribution is 7.89. The second-order valence-electron chi connectivity index (χ2n) is 6.60. The molecule has 2 aliphatic heterocycles. The van der Waals surface area contributed by atoms with E-state index in [2.05, 4.69) is 0 Å². The lowest BCUT2D eigenvalue weighted by atomic mass is 10.1. The summed E-state index contributed by atoms with van der Waals surface area (Å²) < 4.78 is 32.6. The van der Waals surface area contributed by atoms with E-state index in [0.717, 1.165) is 45.1 Å². The van der Waals surface area contributed by atoms with Gasteiger partial charge in [0.2, 0.25) is 10.0 Å². The number of nitrogens with one attached hydrogen (secondary N) is 1. The highest BCUT2D eigenvalue weighted by Gasteiger charge is 2.32. The Morgan fingerprint density at radius 3 is 2.68 bits per heavy atom. The molecule has 1 N–H and O–H groups in total. The number of nitrogens with zero attached hydrogens (tertiary/aromatic N) is 2. The highest BCUT2D eigenvalue weighted by atomic mass is 32.2. The third-order valence-electron chi connectivity index (χ3n) is 4.89. The van der Waals surface area contributed by atoms with Gasteiger partial charge in [-0.3, -0.25) is 10.1 Å². The van der Waals surface area contributed by atoms with E-state index >= 15 is 0 Å². The Morgan fingerprint density at radius 2 is 2.04 bits per heavy atom. The van der Waals surface area contributed by atoms with E-state index in [4.69, 9.17) is 4.74 Å². The van der Waals surface area contributed by atoms with Crippen LogP contribution in [0, 0.1) is 10.1 Å². The SMILES string of the molecule is O=[N+]([O-])c1cccc(S(=O)(=O)N2CC[NH+](C[C@@H]3CCCCO3)CC2)c1. The lowest BCUT2D eigenvalue weighted by Gasteiger charge is -2.34. The van der Waals surface area contributed by atoms with Gasteiger partial charge in [0.15, 0.2) is 0 Å². The largest absolute Gasteiger partial charge is 0.372 e. The average molecular weight is 370 g/mol. The molecule has 2 heterocycles. The molecule has 1 atom stereocenters. The van der Waals surface area contributed by atoms with Crippen molar-refractivity contribution in [3.63, 3.8) is 0 Å². The fourth-order valence-electron chi connectivity index (χ4n) is 3.44. The molecule has 9 heteroatoms. The van der Waals surface area contributed by atoms with Crippen LogP contribution < -0.4 is 4.90 Å². The van der Waals surface area contributed by atoms with Gasteiger partial charge in [-0.25, -0.2) is 8.42 Å². The van der Waals surface area contributed by atoms with Crippen LogP contribution in [-0.4, -0.2) is 63.1 Å². The number of piperazine rings is 1. The Hall–Kier alpha value is -1.55. The minimum absolute atomic E-state index is 0.0132. The lowest BCUT2D eigenvalue weighted by Crippen LogP contribution is -3.15. The molecular weight excluding hydrogens is 346 g/mol. The molecule has 138 valence electrons. The summed E-state index contributed by atoms with van der Waals surface area (Å²) in [5.41, 5.74) is -0.209. The lowest BCUT2D eigenvalue weighted by molar-refractivity contribution is -0.907. The molecule has 0 radical (unpaired) electrons. The third-order valence-corrected chi connectivity index (χ3v) is 6.78. The topological polar surface area (TPSA) is 94.2 Å². The number of hydrogen-bond donors (Lipinski definition) is 1. The molecule has 3 rings (SSSR count). The molecule has 1 aromatic carbocycles. The summed E-state index contributed by atoms with van der Waals surface area (Å²) in [4.78, 5) is 11.6. The minimum Gasteiger partial charge on any atom is -0.372 e. The zero-order valence-corrected chi connectivity index (χ0v) is 14.9. The molecule has 2 saturated heterocycles. The van der Waals surface area contributed by atoms with Gasteiger partial charge >= 0.3 is 0 Å². The van der Waals surface area contributed by atoms with Crippen molar-refractivity contribution in [3.05, 3.63) is 34.4 Å². The monoisotopic (exact) mass is 370 g/mol. The predicted octanol–water partition coefficient (Wildman–Crippen LogP) is 0.0531. The highest BCUT2D eigenvalue weighted by Crippen LogP contribution is 2.21. The van der Waals surface area contributed by atoms with Gasteiger partial charge in [-0.05, 0) is 25.3 Å². The van der Waals surface area contributed by atoms with E-state index in [0.29, 0.717) is 13.1 Å². The number of hydrogen-bond acceptors (Lipinski definition) is 5.